The highest BCUT2D eigenvalue weighted by Gasteiger charge is 2.11. The molecule has 4 nitrogen and oxygen atoms in total. The highest BCUT2D eigenvalue weighted by atomic mass is 16.5. The zero-order valence-electron chi connectivity index (χ0n) is 12.5. The molecule has 0 spiro atoms. The molecule has 0 radical (unpaired) electrons. The number of benzene rings is 1. The fourth-order valence-electron chi connectivity index (χ4n) is 2.83. The van der Waals surface area contributed by atoms with E-state index in [1.54, 1.807) is 13.3 Å². The summed E-state index contributed by atoms with van der Waals surface area (Å²) in [6.07, 6.45) is 5.52. The summed E-state index contributed by atoms with van der Waals surface area (Å²) in [6, 6.07) is 7.91. The first kappa shape index (κ1) is 14.1. The van der Waals surface area contributed by atoms with Crippen LogP contribution in [0.1, 0.15) is 19.3 Å². The molecule has 0 unspecified atom stereocenters. The summed E-state index contributed by atoms with van der Waals surface area (Å²) in [5.74, 6) is 1.56. The number of ether oxygens (including phenoxy) is 2. The predicted octanol–water partition coefficient (Wildman–Crippen LogP) is 3.11. The lowest BCUT2D eigenvalue weighted by Gasteiger charge is -2.15. The molecule has 1 aromatic carbocycles. The Labute approximate surface area is 125 Å². The smallest absolute Gasteiger partial charge is 0.163 e. The Morgan fingerprint density at radius 1 is 1.19 bits per heavy atom. The zero-order chi connectivity index (χ0) is 14.5. The molecule has 2 aromatic rings. The van der Waals surface area contributed by atoms with Crippen LogP contribution in [0.15, 0.2) is 30.5 Å². The number of fused-ring (bicyclic) bond motifs is 1. The van der Waals surface area contributed by atoms with Gasteiger partial charge in [0.25, 0.3) is 0 Å². The van der Waals surface area contributed by atoms with Crippen molar-refractivity contribution in [3.63, 3.8) is 0 Å². The lowest BCUT2D eigenvalue weighted by molar-refractivity contribution is 0.254. The minimum absolute atomic E-state index is 0.713. The van der Waals surface area contributed by atoms with Gasteiger partial charge in [0.2, 0.25) is 0 Å². The van der Waals surface area contributed by atoms with Gasteiger partial charge in [-0.3, -0.25) is 4.98 Å². The van der Waals surface area contributed by atoms with E-state index in [1.807, 2.05) is 24.3 Å². The van der Waals surface area contributed by atoms with E-state index in [0.29, 0.717) is 6.61 Å². The van der Waals surface area contributed by atoms with Crippen LogP contribution in [0.2, 0.25) is 0 Å². The van der Waals surface area contributed by atoms with Gasteiger partial charge in [-0.25, -0.2) is 0 Å². The van der Waals surface area contributed by atoms with Gasteiger partial charge < -0.3 is 14.4 Å². The molecule has 1 saturated heterocycles. The van der Waals surface area contributed by atoms with Gasteiger partial charge in [-0.15, -0.1) is 0 Å². The highest BCUT2D eigenvalue weighted by Crippen LogP contribution is 2.31. The number of rotatable bonds is 6. The number of likely N-dealkylation sites (tertiary alicyclic amines) is 1. The molecular formula is C17H22N2O2. The highest BCUT2D eigenvalue weighted by molar-refractivity contribution is 5.82. The number of hydrogen-bond donors (Lipinski definition) is 0. The summed E-state index contributed by atoms with van der Waals surface area (Å²) in [4.78, 5) is 6.87. The first-order chi connectivity index (χ1) is 10.4. The molecule has 1 aliphatic rings. The normalized spacial score (nSPS) is 15.5. The number of aromatic nitrogens is 1. The lowest BCUT2D eigenvalue weighted by atomic mass is 10.2. The fourth-order valence-corrected chi connectivity index (χ4v) is 2.83. The first-order valence-electron chi connectivity index (χ1n) is 7.65. The summed E-state index contributed by atoms with van der Waals surface area (Å²) in [7, 11) is 1.68. The van der Waals surface area contributed by atoms with Crippen LogP contribution in [0.5, 0.6) is 11.5 Å². The van der Waals surface area contributed by atoms with Crippen LogP contribution in [0.25, 0.3) is 10.9 Å². The fraction of sp³-hybridized carbons (Fsp3) is 0.471. The molecule has 1 aliphatic heterocycles. The lowest BCUT2D eigenvalue weighted by Crippen LogP contribution is -2.21. The first-order valence-corrected chi connectivity index (χ1v) is 7.65. The summed E-state index contributed by atoms with van der Waals surface area (Å²) in [6.45, 7) is 4.31. The molecule has 1 fully saturated rings. The topological polar surface area (TPSA) is 34.6 Å². The molecule has 1 aromatic heterocycles. The summed E-state index contributed by atoms with van der Waals surface area (Å²) in [5.41, 5.74) is 0.938. The van der Waals surface area contributed by atoms with Crippen LogP contribution in [-0.2, 0) is 0 Å². The van der Waals surface area contributed by atoms with Gasteiger partial charge in [-0.2, -0.15) is 0 Å². The average molecular weight is 286 g/mol. The van der Waals surface area contributed by atoms with E-state index in [9.17, 15) is 0 Å². The predicted molar refractivity (Wildman–Crippen MR) is 84.1 cm³/mol. The molecule has 3 rings (SSSR count). The summed E-state index contributed by atoms with van der Waals surface area (Å²) >= 11 is 0. The van der Waals surface area contributed by atoms with Crippen molar-refractivity contribution in [1.82, 2.24) is 9.88 Å². The van der Waals surface area contributed by atoms with Crippen LogP contribution >= 0.6 is 0 Å². The van der Waals surface area contributed by atoms with E-state index in [0.717, 1.165) is 35.4 Å². The minimum atomic E-state index is 0.713. The Morgan fingerprint density at radius 3 is 2.86 bits per heavy atom. The Morgan fingerprint density at radius 2 is 2.05 bits per heavy atom. The van der Waals surface area contributed by atoms with Crippen LogP contribution < -0.4 is 9.47 Å². The van der Waals surface area contributed by atoms with E-state index in [1.165, 1.54) is 25.9 Å². The third kappa shape index (κ3) is 3.45. The van der Waals surface area contributed by atoms with Crippen LogP contribution in [-0.4, -0.2) is 43.2 Å². The molecule has 0 bridgehead atoms. The maximum atomic E-state index is 5.90. The molecular weight excluding hydrogens is 264 g/mol. The molecule has 0 N–H and O–H groups in total. The second-order valence-electron chi connectivity index (χ2n) is 5.45. The quantitative estimate of drug-likeness (QED) is 0.764. The zero-order valence-corrected chi connectivity index (χ0v) is 12.5. The maximum Gasteiger partial charge on any atom is 0.163 e. The van der Waals surface area contributed by atoms with E-state index in [2.05, 4.69) is 9.88 Å². The monoisotopic (exact) mass is 286 g/mol. The minimum Gasteiger partial charge on any atom is -0.493 e. The Balaban J connectivity index is 1.62. The summed E-state index contributed by atoms with van der Waals surface area (Å²) in [5, 5.41) is 1.07. The Kier molecular flexibility index (Phi) is 4.55. The van der Waals surface area contributed by atoms with Gasteiger partial charge in [0.05, 0.1) is 19.2 Å². The van der Waals surface area contributed by atoms with Crippen molar-refractivity contribution in [3.05, 3.63) is 30.5 Å². The third-order valence-corrected chi connectivity index (χ3v) is 3.96. The van der Waals surface area contributed by atoms with E-state index < -0.39 is 0 Å². The van der Waals surface area contributed by atoms with Crippen molar-refractivity contribution in [3.8, 4) is 11.5 Å². The van der Waals surface area contributed by atoms with Crippen molar-refractivity contribution in [2.45, 2.75) is 19.3 Å². The van der Waals surface area contributed by atoms with Crippen molar-refractivity contribution in [2.24, 2.45) is 0 Å². The van der Waals surface area contributed by atoms with Gasteiger partial charge in [-0.05, 0) is 44.5 Å². The Bertz CT molecular complexity index is 594. The Hall–Kier alpha value is -1.81. The van der Waals surface area contributed by atoms with Crippen molar-refractivity contribution >= 4 is 10.9 Å². The van der Waals surface area contributed by atoms with E-state index in [-0.39, 0.29) is 0 Å². The van der Waals surface area contributed by atoms with Gasteiger partial charge in [0, 0.05) is 24.2 Å². The van der Waals surface area contributed by atoms with Crippen molar-refractivity contribution in [1.29, 1.82) is 0 Å². The molecule has 0 amide bonds. The average Bonchev–Trinajstić information content (AvgIpc) is 3.04. The molecule has 0 atom stereocenters. The largest absolute Gasteiger partial charge is 0.493 e. The summed E-state index contributed by atoms with van der Waals surface area (Å²) < 4.78 is 11.3. The van der Waals surface area contributed by atoms with Gasteiger partial charge in [-0.1, -0.05) is 6.07 Å². The maximum absolute atomic E-state index is 5.90. The number of nitrogens with zero attached hydrogens (tertiary/aromatic N) is 2. The number of pyridine rings is 1. The van der Waals surface area contributed by atoms with Crippen molar-refractivity contribution in [2.75, 3.05) is 33.4 Å². The van der Waals surface area contributed by atoms with Crippen LogP contribution in [0, 0.1) is 0 Å². The molecule has 0 saturated carbocycles. The van der Waals surface area contributed by atoms with Crippen molar-refractivity contribution < 1.29 is 9.47 Å². The second kappa shape index (κ2) is 6.76. The van der Waals surface area contributed by atoms with Gasteiger partial charge >= 0.3 is 0 Å². The second-order valence-corrected chi connectivity index (χ2v) is 5.45. The van der Waals surface area contributed by atoms with E-state index in [4.69, 9.17) is 9.47 Å². The molecule has 4 heteroatoms. The van der Waals surface area contributed by atoms with E-state index >= 15 is 0 Å². The molecule has 2 heterocycles. The number of methoxy groups -OCH3 is 1. The molecule has 112 valence electrons. The molecule has 21 heavy (non-hydrogen) atoms. The SMILES string of the molecule is COc1cc2cccnc2cc1OCCCN1CCCC1. The molecule has 0 aliphatic carbocycles. The number of hydrogen-bond acceptors (Lipinski definition) is 4. The van der Waals surface area contributed by atoms with Gasteiger partial charge in [0.15, 0.2) is 11.5 Å². The van der Waals surface area contributed by atoms with Crippen LogP contribution in [0.4, 0.5) is 0 Å². The third-order valence-electron chi connectivity index (χ3n) is 3.96. The van der Waals surface area contributed by atoms with Crippen LogP contribution in [0.3, 0.4) is 0 Å². The standard InChI is InChI=1S/C17H22N2O2/c1-20-16-12-14-6-4-7-18-15(14)13-17(16)21-11-5-10-19-8-2-3-9-19/h4,6-7,12-13H,2-3,5,8-11H2,1H3. The van der Waals surface area contributed by atoms with Gasteiger partial charge in [0.1, 0.15) is 0 Å².